The Balaban J connectivity index is 1.97. The van der Waals surface area contributed by atoms with Crippen LogP contribution in [0, 0.1) is 12.7 Å². The van der Waals surface area contributed by atoms with Crippen LogP contribution in [-0.4, -0.2) is 25.2 Å². The molecule has 0 spiro atoms. The van der Waals surface area contributed by atoms with E-state index >= 15 is 0 Å². The van der Waals surface area contributed by atoms with Gasteiger partial charge in [-0.25, -0.2) is 4.39 Å². The van der Waals surface area contributed by atoms with Crippen molar-refractivity contribution in [1.29, 1.82) is 0 Å². The number of aryl methyl sites for hydroxylation is 1. The zero-order chi connectivity index (χ0) is 13.2. The highest BCUT2D eigenvalue weighted by Crippen LogP contribution is 2.34. The normalized spacial score (nSPS) is 17.1. The molecule has 0 aliphatic heterocycles. The van der Waals surface area contributed by atoms with Crippen molar-refractivity contribution >= 4 is 5.91 Å². The lowest BCUT2D eigenvalue weighted by atomic mass is 9.80. The van der Waals surface area contributed by atoms with Gasteiger partial charge in [0.05, 0.1) is 5.60 Å². The van der Waals surface area contributed by atoms with E-state index < -0.39 is 0 Å². The summed E-state index contributed by atoms with van der Waals surface area (Å²) >= 11 is 0. The SMILES string of the molecule is COC1(CNC(=O)c2ccc(F)c(C)c2)CCC1. The average molecular weight is 251 g/mol. The topological polar surface area (TPSA) is 38.3 Å². The molecule has 0 heterocycles. The number of halogens is 1. The van der Waals surface area contributed by atoms with Crippen LogP contribution in [0.1, 0.15) is 35.2 Å². The van der Waals surface area contributed by atoms with Gasteiger partial charge in [-0.2, -0.15) is 0 Å². The largest absolute Gasteiger partial charge is 0.376 e. The van der Waals surface area contributed by atoms with E-state index in [1.165, 1.54) is 12.1 Å². The predicted octanol–water partition coefficient (Wildman–Crippen LogP) is 2.43. The van der Waals surface area contributed by atoms with Crippen LogP contribution in [0.25, 0.3) is 0 Å². The Kier molecular flexibility index (Phi) is 3.66. The van der Waals surface area contributed by atoms with Crippen molar-refractivity contribution in [3.8, 4) is 0 Å². The number of carbonyl (C=O) groups is 1. The molecule has 1 amide bonds. The fourth-order valence-corrected chi connectivity index (χ4v) is 2.15. The van der Waals surface area contributed by atoms with E-state index in [-0.39, 0.29) is 17.3 Å². The second-order valence-corrected chi connectivity index (χ2v) is 4.89. The molecule has 3 nitrogen and oxygen atoms in total. The number of hydrogen-bond donors (Lipinski definition) is 1. The highest BCUT2D eigenvalue weighted by molar-refractivity contribution is 5.94. The minimum Gasteiger partial charge on any atom is -0.376 e. The molecule has 0 atom stereocenters. The zero-order valence-corrected chi connectivity index (χ0v) is 10.8. The highest BCUT2D eigenvalue weighted by Gasteiger charge is 2.37. The van der Waals surface area contributed by atoms with Gasteiger partial charge in [0.15, 0.2) is 0 Å². The van der Waals surface area contributed by atoms with Crippen LogP contribution >= 0.6 is 0 Å². The van der Waals surface area contributed by atoms with Crippen LogP contribution in [0.5, 0.6) is 0 Å². The quantitative estimate of drug-likeness (QED) is 0.892. The second kappa shape index (κ2) is 5.06. The van der Waals surface area contributed by atoms with Crippen molar-refractivity contribution in [1.82, 2.24) is 5.32 Å². The third-order valence-corrected chi connectivity index (χ3v) is 3.69. The van der Waals surface area contributed by atoms with Crippen LogP contribution in [0.2, 0.25) is 0 Å². The molecule has 1 aliphatic carbocycles. The van der Waals surface area contributed by atoms with Crippen LogP contribution in [0.4, 0.5) is 4.39 Å². The first-order valence-corrected chi connectivity index (χ1v) is 6.16. The van der Waals surface area contributed by atoms with Crippen LogP contribution in [-0.2, 0) is 4.74 Å². The Bertz CT molecular complexity index is 450. The lowest BCUT2D eigenvalue weighted by molar-refractivity contribution is -0.0679. The first kappa shape index (κ1) is 13.0. The molecular weight excluding hydrogens is 233 g/mol. The number of carbonyl (C=O) groups excluding carboxylic acids is 1. The standard InChI is InChI=1S/C14H18FNO2/c1-10-8-11(4-5-12(10)15)13(17)16-9-14(18-2)6-3-7-14/h4-5,8H,3,6-7,9H2,1-2H3,(H,16,17). The molecule has 18 heavy (non-hydrogen) atoms. The maximum absolute atomic E-state index is 13.1. The molecular formula is C14H18FNO2. The number of benzene rings is 1. The summed E-state index contributed by atoms with van der Waals surface area (Å²) in [6.45, 7) is 2.16. The van der Waals surface area contributed by atoms with E-state index in [2.05, 4.69) is 5.32 Å². The fourth-order valence-electron chi connectivity index (χ4n) is 2.15. The van der Waals surface area contributed by atoms with Gasteiger partial charge in [0.2, 0.25) is 0 Å². The average Bonchev–Trinajstić information content (AvgIpc) is 2.31. The van der Waals surface area contributed by atoms with E-state index in [1.807, 2.05) is 0 Å². The minimum absolute atomic E-state index is 0.179. The zero-order valence-electron chi connectivity index (χ0n) is 10.8. The van der Waals surface area contributed by atoms with E-state index in [0.717, 1.165) is 19.3 Å². The Hall–Kier alpha value is -1.42. The lowest BCUT2D eigenvalue weighted by Gasteiger charge is -2.40. The van der Waals surface area contributed by atoms with Gasteiger partial charge < -0.3 is 10.1 Å². The van der Waals surface area contributed by atoms with Crippen LogP contribution < -0.4 is 5.32 Å². The molecule has 0 radical (unpaired) electrons. The van der Waals surface area contributed by atoms with Crippen molar-refractivity contribution in [3.05, 3.63) is 35.1 Å². The number of hydrogen-bond acceptors (Lipinski definition) is 2. The van der Waals surface area contributed by atoms with Gasteiger partial charge >= 0.3 is 0 Å². The Labute approximate surface area is 106 Å². The molecule has 1 fully saturated rings. The molecule has 1 saturated carbocycles. The highest BCUT2D eigenvalue weighted by atomic mass is 19.1. The summed E-state index contributed by atoms with van der Waals surface area (Å²) in [4.78, 5) is 11.9. The number of methoxy groups -OCH3 is 1. The van der Waals surface area contributed by atoms with Crippen LogP contribution in [0.15, 0.2) is 18.2 Å². The predicted molar refractivity (Wildman–Crippen MR) is 67.1 cm³/mol. The molecule has 0 unspecified atom stereocenters. The van der Waals surface area contributed by atoms with Crippen molar-refractivity contribution in [2.24, 2.45) is 0 Å². The lowest BCUT2D eigenvalue weighted by Crippen LogP contribution is -2.49. The summed E-state index contributed by atoms with van der Waals surface area (Å²) in [6, 6.07) is 4.38. The molecule has 2 rings (SSSR count). The van der Waals surface area contributed by atoms with Gasteiger partial charge in [0.1, 0.15) is 5.82 Å². The first-order chi connectivity index (χ1) is 8.56. The van der Waals surface area contributed by atoms with Crippen molar-refractivity contribution in [2.45, 2.75) is 31.8 Å². The van der Waals surface area contributed by atoms with E-state index in [9.17, 15) is 9.18 Å². The van der Waals surface area contributed by atoms with Gasteiger partial charge in [-0.3, -0.25) is 4.79 Å². The molecule has 1 aromatic rings. The number of amides is 1. The molecule has 0 saturated heterocycles. The van der Waals surface area contributed by atoms with Crippen molar-refractivity contribution < 1.29 is 13.9 Å². The van der Waals surface area contributed by atoms with Gasteiger partial charge in [-0.15, -0.1) is 0 Å². The molecule has 0 aromatic heterocycles. The third kappa shape index (κ3) is 2.53. The summed E-state index contributed by atoms with van der Waals surface area (Å²) in [6.07, 6.45) is 3.10. The van der Waals surface area contributed by atoms with Gasteiger partial charge in [-0.1, -0.05) is 0 Å². The number of ether oxygens (including phenoxy) is 1. The summed E-state index contributed by atoms with van der Waals surface area (Å²) in [5, 5.41) is 2.85. The maximum atomic E-state index is 13.1. The summed E-state index contributed by atoms with van der Waals surface area (Å²) < 4.78 is 18.5. The third-order valence-electron chi connectivity index (χ3n) is 3.69. The Morgan fingerprint density at radius 2 is 2.22 bits per heavy atom. The van der Waals surface area contributed by atoms with Gasteiger partial charge in [0.25, 0.3) is 5.91 Å². The maximum Gasteiger partial charge on any atom is 0.251 e. The second-order valence-electron chi connectivity index (χ2n) is 4.89. The van der Waals surface area contributed by atoms with Crippen LogP contribution in [0.3, 0.4) is 0 Å². The Morgan fingerprint density at radius 1 is 1.50 bits per heavy atom. The van der Waals surface area contributed by atoms with Crippen molar-refractivity contribution in [3.63, 3.8) is 0 Å². The van der Waals surface area contributed by atoms with E-state index in [1.54, 1.807) is 20.1 Å². The molecule has 1 aliphatic rings. The summed E-state index contributed by atoms with van der Waals surface area (Å²) in [5.41, 5.74) is 0.775. The molecule has 4 heteroatoms. The van der Waals surface area contributed by atoms with Gasteiger partial charge in [-0.05, 0) is 49.9 Å². The Morgan fingerprint density at radius 3 is 2.72 bits per heavy atom. The smallest absolute Gasteiger partial charge is 0.251 e. The van der Waals surface area contributed by atoms with E-state index in [4.69, 9.17) is 4.74 Å². The molecule has 98 valence electrons. The first-order valence-electron chi connectivity index (χ1n) is 6.16. The molecule has 0 bridgehead atoms. The molecule has 1 N–H and O–H groups in total. The van der Waals surface area contributed by atoms with Gasteiger partial charge in [0, 0.05) is 19.2 Å². The molecule has 1 aromatic carbocycles. The number of rotatable bonds is 4. The van der Waals surface area contributed by atoms with Crippen molar-refractivity contribution in [2.75, 3.05) is 13.7 Å². The monoisotopic (exact) mass is 251 g/mol. The summed E-state index contributed by atoms with van der Waals surface area (Å²) in [5.74, 6) is -0.472. The summed E-state index contributed by atoms with van der Waals surface area (Å²) in [7, 11) is 1.67. The fraction of sp³-hybridized carbons (Fsp3) is 0.500. The van der Waals surface area contributed by atoms with E-state index in [0.29, 0.717) is 17.7 Å². The minimum atomic E-state index is -0.293. The number of nitrogens with one attached hydrogen (secondary N) is 1.